The maximum Gasteiger partial charge on any atom is 0.407 e. The van der Waals surface area contributed by atoms with E-state index >= 15 is 0 Å². The van der Waals surface area contributed by atoms with E-state index in [9.17, 15) is 14.7 Å². The predicted molar refractivity (Wildman–Crippen MR) is 78.4 cm³/mol. The Kier molecular flexibility index (Phi) is 7.82. The number of hydrogen-bond donors (Lipinski definition) is 2. The summed E-state index contributed by atoms with van der Waals surface area (Å²) in [5, 5.41) is 12.6. The second kappa shape index (κ2) is 8.53. The van der Waals surface area contributed by atoms with E-state index in [1.165, 1.54) is 7.11 Å². The van der Waals surface area contributed by atoms with Gasteiger partial charge < -0.3 is 19.9 Å². The number of rotatable bonds is 4. The first-order chi connectivity index (χ1) is 9.55. The lowest BCUT2D eigenvalue weighted by molar-refractivity contribution is -0.133. The molecule has 120 valence electrons. The van der Waals surface area contributed by atoms with Crippen LogP contribution in [0.15, 0.2) is 0 Å². The van der Waals surface area contributed by atoms with Crippen LogP contribution >= 0.6 is 0 Å². The monoisotopic (exact) mass is 299 g/mol. The van der Waals surface area contributed by atoms with Crippen LogP contribution in [0.1, 0.15) is 41.0 Å². The Hall–Kier alpha value is -1.74. The number of nitrogens with one attached hydrogen (secondary N) is 1. The minimum atomic E-state index is -1.18. The van der Waals surface area contributed by atoms with Gasteiger partial charge in [0, 0.05) is 5.92 Å². The van der Waals surface area contributed by atoms with Gasteiger partial charge in [0.15, 0.2) is 0 Å². The summed E-state index contributed by atoms with van der Waals surface area (Å²) in [5.41, 5.74) is -0.630. The molecule has 0 aliphatic rings. The van der Waals surface area contributed by atoms with Crippen molar-refractivity contribution in [2.45, 2.75) is 58.8 Å². The molecular weight excluding hydrogens is 274 g/mol. The van der Waals surface area contributed by atoms with Crippen molar-refractivity contribution in [3.8, 4) is 11.8 Å². The smallest absolute Gasteiger partial charge is 0.407 e. The van der Waals surface area contributed by atoms with Crippen molar-refractivity contribution >= 4 is 12.1 Å². The molecule has 6 nitrogen and oxygen atoms in total. The average Bonchev–Trinajstić information content (AvgIpc) is 2.31. The number of alkyl carbamates (subject to hydrolysis) is 1. The minimum Gasteiger partial charge on any atom is -0.459 e. The summed E-state index contributed by atoms with van der Waals surface area (Å²) >= 11 is 0. The van der Waals surface area contributed by atoms with Crippen molar-refractivity contribution in [1.29, 1.82) is 0 Å². The molecule has 0 aromatic carbocycles. The first-order valence-electron chi connectivity index (χ1n) is 6.82. The highest BCUT2D eigenvalue weighted by Gasteiger charge is 2.24. The molecule has 0 saturated heterocycles. The van der Waals surface area contributed by atoms with Gasteiger partial charge in [0.1, 0.15) is 11.7 Å². The molecule has 21 heavy (non-hydrogen) atoms. The standard InChI is InChI=1S/C15H25NO5/c1-10(2)9-11(12(17)7-8-13(18)20-6)16-14(19)21-15(3,4)5/h10-12,17H,9H2,1-6H3,(H,16,19)/t11-,12+/m0/s1. The van der Waals surface area contributed by atoms with Gasteiger partial charge in [0.2, 0.25) is 0 Å². The Bertz CT molecular complexity index is 414. The molecule has 0 aromatic heterocycles. The number of carbonyl (C=O) groups excluding carboxylic acids is 2. The molecule has 0 unspecified atom stereocenters. The second-order valence-electron chi connectivity index (χ2n) is 6.09. The molecule has 0 spiro atoms. The molecule has 0 bridgehead atoms. The van der Waals surface area contributed by atoms with Crippen LogP contribution in [-0.2, 0) is 14.3 Å². The quantitative estimate of drug-likeness (QED) is 0.466. The molecule has 0 fully saturated rings. The van der Waals surface area contributed by atoms with E-state index in [1.54, 1.807) is 20.8 Å². The number of methoxy groups -OCH3 is 1. The maximum atomic E-state index is 11.8. The van der Waals surface area contributed by atoms with E-state index in [4.69, 9.17) is 4.74 Å². The van der Waals surface area contributed by atoms with E-state index in [0.717, 1.165) is 0 Å². The van der Waals surface area contributed by atoms with Gasteiger partial charge in [-0.1, -0.05) is 19.8 Å². The molecule has 6 heteroatoms. The highest BCUT2D eigenvalue weighted by atomic mass is 16.6. The van der Waals surface area contributed by atoms with E-state index in [1.807, 2.05) is 13.8 Å². The number of aliphatic hydroxyl groups is 1. The molecule has 0 aliphatic heterocycles. The summed E-state index contributed by atoms with van der Waals surface area (Å²) < 4.78 is 9.52. The van der Waals surface area contributed by atoms with Gasteiger partial charge in [0.25, 0.3) is 0 Å². The Morgan fingerprint density at radius 2 is 1.86 bits per heavy atom. The van der Waals surface area contributed by atoms with Crippen LogP contribution in [0.25, 0.3) is 0 Å². The lowest BCUT2D eigenvalue weighted by Crippen LogP contribution is -2.45. The van der Waals surface area contributed by atoms with E-state index in [2.05, 4.69) is 21.9 Å². The van der Waals surface area contributed by atoms with Gasteiger partial charge in [-0.2, -0.15) is 0 Å². The van der Waals surface area contributed by atoms with Gasteiger partial charge in [0.05, 0.1) is 13.2 Å². The summed E-state index contributed by atoms with van der Waals surface area (Å²) in [4.78, 5) is 22.7. The Morgan fingerprint density at radius 1 is 1.29 bits per heavy atom. The lowest BCUT2D eigenvalue weighted by atomic mass is 9.99. The van der Waals surface area contributed by atoms with Crippen molar-refractivity contribution in [2.24, 2.45) is 5.92 Å². The fourth-order valence-electron chi connectivity index (χ4n) is 1.52. The summed E-state index contributed by atoms with van der Waals surface area (Å²) in [6.45, 7) is 9.14. The third-order valence-electron chi connectivity index (χ3n) is 2.32. The number of esters is 1. The molecule has 2 N–H and O–H groups in total. The fraction of sp³-hybridized carbons (Fsp3) is 0.733. The van der Waals surface area contributed by atoms with E-state index < -0.39 is 29.8 Å². The van der Waals surface area contributed by atoms with Gasteiger partial charge in [-0.05, 0) is 33.1 Å². The van der Waals surface area contributed by atoms with Crippen LogP contribution in [-0.4, -0.2) is 42.0 Å². The maximum absolute atomic E-state index is 11.8. The van der Waals surface area contributed by atoms with Crippen LogP contribution in [0.2, 0.25) is 0 Å². The number of amides is 1. The highest BCUT2D eigenvalue weighted by molar-refractivity contribution is 5.88. The predicted octanol–water partition coefficient (Wildman–Crippen LogP) is 1.46. The number of ether oxygens (including phenoxy) is 2. The fourth-order valence-corrected chi connectivity index (χ4v) is 1.52. The van der Waals surface area contributed by atoms with Gasteiger partial charge in [-0.15, -0.1) is 0 Å². The van der Waals surface area contributed by atoms with Crippen molar-refractivity contribution in [3.05, 3.63) is 0 Å². The molecule has 0 saturated carbocycles. The normalized spacial score (nSPS) is 13.7. The first kappa shape index (κ1) is 19.3. The Labute approximate surface area is 126 Å². The molecule has 2 atom stereocenters. The van der Waals surface area contributed by atoms with Crippen molar-refractivity contribution < 1.29 is 24.2 Å². The number of aliphatic hydroxyl groups excluding tert-OH is 1. The minimum absolute atomic E-state index is 0.222. The van der Waals surface area contributed by atoms with Gasteiger partial charge >= 0.3 is 12.1 Å². The highest BCUT2D eigenvalue weighted by Crippen LogP contribution is 2.11. The van der Waals surface area contributed by atoms with Crippen LogP contribution < -0.4 is 5.32 Å². The topological polar surface area (TPSA) is 84.9 Å². The van der Waals surface area contributed by atoms with Crippen LogP contribution in [0.4, 0.5) is 4.79 Å². The van der Waals surface area contributed by atoms with Crippen LogP contribution in [0, 0.1) is 17.8 Å². The molecule has 0 radical (unpaired) electrons. The van der Waals surface area contributed by atoms with Crippen molar-refractivity contribution in [3.63, 3.8) is 0 Å². The average molecular weight is 299 g/mol. The van der Waals surface area contributed by atoms with Gasteiger partial charge in [-0.25, -0.2) is 9.59 Å². The molecular formula is C15H25NO5. The molecule has 0 aromatic rings. The first-order valence-corrected chi connectivity index (χ1v) is 6.82. The Morgan fingerprint density at radius 3 is 2.29 bits per heavy atom. The van der Waals surface area contributed by atoms with Crippen molar-refractivity contribution in [2.75, 3.05) is 7.11 Å². The van der Waals surface area contributed by atoms with Gasteiger partial charge in [-0.3, -0.25) is 0 Å². The summed E-state index contributed by atoms with van der Waals surface area (Å²) in [6, 6.07) is -0.628. The van der Waals surface area contributed by atoms with Crippen molar-refractivity contribution in [1.82, 2.24) is 5.32 Å². The number of carbonyl (C=O) groups is 2. The SMILES string of the molecule is COC(=O)C#C[C@@H](O)[C@H](CC(C)C)NC(=O)OC(C)(C)C. The largest absolute Gasteiger partial charge is 0.459 e. The third kappa shape index (κ3) is 9.74. The molecule has 0 heterocycles. The molecule has 1 amide bonds. The van der Waals surface area contributed by atoms with Crippen LogP contribution in [0.5, 0.6) is 0 Å². The summed E-state index contributed by atoms with van der Waals surface area (Å²) in [7, 11) is 1.20. The summed E-state index contributed by atoms with van der Waals surface area (Å²) in [6.07, 6.45) is -1.32. The summed E-state index contributed by atoms with van der Waals surface area (Å²) in [5.74, 6) is 4.00. The third-order valence-corrected chi connectivity index (χ3v) is 2.32. The van der Waals surface area contributed by atoms with Crippen LogP contribution in [0.3, 0.4) is 0 Å². The van der Waals surface area contributed by atoms with E-state index in [-0.39, 0.29) is 5.92 Å². The second-order valence-corrected chi connectivity index (χ2v) is 6.09. The van der Waals surface area contributed by atoms with E-state index in [0.29, 0.717) is 6.42 Å². The Balaban J connectivity index is 4.82. The molecule has 0 aliphatic carbocycles. The zero-order valence-electron chi connectivity index (χ0n) is 13.5. The zero-order chi connectivity index (χ0) is 16.6. The number of hydrogen-bond acceptors (Lipinski definition) is 5. The molecule has 0 rings (SSSR count). The lowest BCUT2D eigenvalue weighted by Gasteiger charge is -2.25. The zero-order valence-corrected chi connectivity index (χ0v) is 13.5.